The van der Waals surface area contributed by atoms with Crippen molar-refractivity contribution in [2.45, 2.75) is 34.1 Å². The molecule has 2 heterocycles. The lowest BCUT2D eigenvalue weighted by Crippen LogP contribution is -2.35. The number of anilines is 1. The topological polar surface area (TPSA) is 78.4 Å². The first-order chi connectivity index (χ1) is 16.7. The van der Waals surface area contributed by atoms with Crippen molar-refractivity contribution in [3.05, 3.63) is 85.4 Å². The molecule has 0 fully saturated rings. The molecule has 35 heavy (non-hydrogen) atoms. The maximum Gasteiger partial charge on any atom is 0.282 e. The number of carbonyl (C=O) groups is 2. The minimum Gasteiger partial charge on any atom is -0.367 e. The number of likely N-dealkylation sites (N-methyl/N-ethyl adjacent to an activating group) is 1. The first-order valence-corrected chi connectivity index (χ1v) is 12.2. The SMILES string of the molecule is CCc1[nH]n(-c2ccc(Cl)c(Cl)c2)c(=O)c1C1=C(N(CC)CC)C(=O)N(c2ccc(C)cc2)C1=O. The highest BCUT2D eigenvalue weighted by Gasteiger charge is 2.44. The lowest BCUT2D eigenvalue weighted by Gasteiger charge is -2.22. The molecule has 3 aromatic rings. The number of benzene rings is 2. The highest BCUT2D eigenvalue weighted by Crippen LogP contribution is 2.35. The molecule has 0 spiro atoms. The molecule has 1 aliphatic heterocycles. The molecule has 182 valence electrons. The smallest absolute Gasteiger partial charge is 0.282 e. The van der Waals surface area contributed by atoms with Gasteiger partial charge in [0.15, 0.2) is 0 Å². The monoisotopic (exact) mass is 512 g/mol. The van der Waals surface area contributed by atoms with Gasteiger partial charge in [0.1, 0.15) is 5.70 Å². The van der Waals surface area contributed by atoms with Crippen LogP contribution in [0.2, 0.25) is 10.0 Å². The van der Waals surface area contributed by atoms with Gasteiger partial charge in [-0.1, -0.05) is 47.8 Å². The van der Waals surface area contributed by atoms with Crippen molar-refractivity contribution < 1.29 is 9.59 Å². The van der Waals surface area contributed by atoms with E-state index in [4.69, 9.17) is 23.2 Å². The van der Waals surface area contributed by atoms with Crippen LogP contribution in [0.4, 0.5) is 5.69 Å². The van der Waals surface area contributed by atoms with Gasteiger partial charge in [-0.15, -0.1) is 0 Å². The van der Waals surface area contributed by atoms with E-state index in [2.05, 4.69) is 5.10 Å². The highest BCUT2D eigenvalue weighted by atomic mass is 35.5. The number of aromatic amines is 1. The number of imide groups is 1. The van der Waals surface area contributed by atoms with Crippen LogP contribution in [0.15, 0.2) is 53.0 Å². The third kappa shape index (κ3) is 4.19. The zero-order chi connectivity index (χ0) is 25.4. The summed E-state index contributed by atoms with van der Waals surface area (Å²) in [6, 6.07) is 12.0. The first kappa shape index (κ1) is 24.8. The quantitative estimate of drug-likeness (QED) is 0.453. The van der Waals surface area contributed by atoms with Gasteiger partial charge in [-0.2, -0.15) is 0 Å². The summed E-state index contributed by atoms with van der Waals surface area (Å²) in [6.45, 7) is 8.64. The molecule has 0 saturated carbocycles. The van der Waals surface area contributed by atoms with Gasteiger partial charge in [0, 0.05) is 18.8 Å². The number of aromatic nitrogens is 2. The Morgan fingerprint density at radius 3 is 2.06 bits per heavy atom. The second-order valence-electron chi connectivity index (χ2n) is 8.24. The summed E-state index contributed by atoms with van der Waals surface area (Å²) in [5, 5.41) is 3.76. The number of carbonyl (C=O) groups excluding carboxylic acids is 2. The third-order valence-corrected chi connectivity index (χ3v) is 6.90. The Labute approximate surface area is 213 Å². The lowest BCUT2D eigenvalue weighted by molar-refractivity contribution is -0.120. The van der Waals surface area contributed by atoms with E-state index in [0.29, 0.717) is 46.6 Å². The summed E-state index contributed by atoms with van der Waals surface area (Å²) in [5.41, 5.74) is 2.58. The molecule has 7 nitrogen and oxygen atoms in total. The molecule has 0 saturated heterocycles. The Hall–Kier alpha value is -3.29. The van der Waals surface area contributed by atoms with Gasteiger partial charge in [0.05, 0.1) is 32.6 Å². The second kappa shape index (κ2) is 9.76. The Morgan fingerprint density at radius 1 is 0.857 bits per heavy atom. The molecule has 0 radical (unpaired) electrons. The Balaban J connectivity index is 1.96. The van der Waals surface area contributed by atoms with Crippen LogP contribution in [0, 0.1) is 6.92 Å². The van der Waals surface area contributed by atoms with Crippen LogP contribution in [0.25, 0.3) is 11.3 Å². The van der Waals surface area contributed by atoms with Gasteiger partial charge in [-0.05, 0) is 57.5 Å². The van der Waals surface area contributed by atoms with Crippen LogP contribution in [0.1, 0.15) is 37.6 Å². The lowest BCUT2D eigenvalue weighted by atomic mass is 10.0. The van der Waals surface area contributed by atoms with E-state index in [1.54, 1.807) is 30.3 Å². The van der Waals surface area contributed by atoms with E-state index in [1.807, 2.05) is 44.7 Å². The van der Waals surface area contributed by atoms with Crippen LogP contribution in [-0.2, 0) is 16.0 Å². The molecule has 2 amide bonds. The molecule has 0 aliphatic carbocycles. The molecular formula is C26H26Cl2N4O3. The fourth-order valence-corrected chi connectivity index (χ4v) is 4.60. The van der Waals surface area contributed by atoms with Crippen LogP contribution < -0.4 is 10.5 Å². The normalized spacial score (nSPS) is 13.8. The number of amides is 2. The van der Waals surface area contributed by atoms with Crippen LogP contribution in [0.5, 0.6) is 0 Å². The number of nitrogens with one attached hydrogen (secondary N) is 1. The van der Waals surface area contributed by atoms with Crippen LogP contribution in [0.3, 0.4) is 0 Å². The van der Waals surface area contributed by atoms with E-state index in [0.717, 1.165) is 10.5 Å². The number of hydrogen-bond donors (Lipinski definition) is 1. The largest absolute Gasteiger partial charge is 0.367 e. The second-order valence-corrected chi connectivity index (χ2v) is 9.05. The van der Waals surface area contributed by atoms with Crippen molar-refractivity contribution in [1.82, 2.24) is 14.7 Å². The predicted molar refractivity (Wildman–Crippen MR) is 139 cm³/mol. The predicted octanol–water partition coefficient (Wildman–Crippen LogP) is 4.97. The summed E-state index contributed by atoms with van der Waals surface area (Å²) >= 11 is 12.2. The summed E-state index contributed by atoms with van der Waals surface area (Å²) in [7, 11) is 0. The molecule has 2 aromatic carbocycles. The molecule has 0 bridgehead atoms. The van der Waals surface area contributed by atoms with Crippen molar-refractivity contribution >= 4 is 46.3 Å². The first-order valence-electron chi connectivity index (χ1n) is 11.5. The fraction of sp³-hybridized carbons (Fsp3) is 0.269. The van der Waals surface area contributed by atoms with E-state index < -0.39 is 17.4 Å². The van der Waals surface area contributed by atoms with E-state index in [1.165, 1.54) is 4.68 Å². The molecule has 0 unspecified atom stereocenters. The summed E-state index contributed by atoms with van der Waals surface area (Å²) in [6.07, 6.45) is 0.444. The van der Waals surface area contributed by atoms with Crippen LogP contribution >= 0.6 is 23.2 Å². The minimum atomic E-state index is -0.521. The zero-order valence-corrected chi connectivity index (χ0v) is 21.5. The van der Waals surface area contributed by atoms with Crippen molar-refractivity contribution in [2.24, 2.45) is 0 Å². The number of halogens is 2. The van der Waals surface area contributed by atoms with Gasteiger partial charge < -0.3 is 4.90 Å². The van der Waals surface area contributed by atoms with Crippen molar-refractivity contribution in [1.29, 1.82) is 0 Å². The molecule has 1 N–H and O–H groups in total. The number of hydrogen-bond acceptors (Lipinski definition) is 4. The Morgan fingerprint density at radius 2 is 1.49 bits per heavy atom. The molecule has 1 aliphatic rings. The van der Waals surface area contributed by atoms with Gasteiger partial charge >= 0.3 is 0 Å². The minimum absolute atomic E-state index is 0.108. The van der Waals surface area contributed by atoms with Gasteiger partial charge in [0.2, 0.25) is 0 Å². The number of aryl methyl sites for hydroxylation is 2. The maximum atomic E-state index is 13.8. The molecule has 0 atom stereocenters. The maximum absolute atomic E-state index is 13.8. The molecule has 9 heteroatoms. The molecule has 4 rings (SSSR count). The third-order valence-electron chi connectivity index (χ3n) is 6.16. The Kier molecular flexibility index (Phi) is 6.92. The zero-order valence-electron chi connectivity index (χ0n) is 20.0. The molecule has 1 aromatic heterocycles. The summed E-state index contributed by atoms with van der Waals surface area (Å²) < 4.78 is 1.33. The van der Waals surface area contributed by atoms with Crippen LogP contribution in [-0.4, -0.2) is 39.6 Å². The number of H-pyrrole nitrogens is 1. The van der Waals surface area contributed by atoms with Crippen molar-refractivity contribution in [2.75, 3.05) is 18.0 Å². The van der Waals surface area contributed by atoms with Gasteiger partial charge in [-0.3, -0.25) is 19.5 Å². The van der Waals surface area contributed by atoms with E-state index in [9.17, 15) is 14.4 Å². The van der Waals surface area contributed by atoms with Gasteiger partial charge in [-0.25, -0.2) is 9.58 Å². The van der Waals surface area contributed by atoms with E-state index in [-0.39, 0.29) is 16.8 Å². The van der Waals surface area contributed by atoms with Crippen molar-refractivity contribution in [3.63, 3.8) is 0 Å². The fourth-order valence-electron chi connectivity index (χ4n) is 4.31. The van der Waals surface area contributed by atoms with E-state index >= 15 is 0 Å². The number of nitrogens with zero attached hydrogens (tertiary/aromatic N) is 3. The average molecular weight is 513 g/mol. The van der Waals surface area contributed by atoms with Gasteiger partial charge in [0.25, 0.3) is 17.4 Å². The number of rotatable bonds is 7. The standard InChI is InChI=1S/C26H26Cl2N4O3/c1-5-20-21(25(34)32(29-20)17-12-13-18(27)19(28)14-17)22-23(30(6-2)7-3)26(35)31(24(22)33)16-10-8-15(4)9-11-16/h8-14,29H,5-7H2,1-4H3. The summed E-state index contributed by atoms with van der Waals surface area (Å²) in [4.78, 5) is 44.2. The Bertz CT molecular complexity index is 1400. The average Bonchev–Trinajstić information content (AvgIpc) is 3.30. The van der Waals surface area contributed by atoms with Crippen molar-refractivity contribution in [3.8, 4) is 5.69 Å². The summed E-state index contributed by atoms with van der Waals surface area (Å²) in [5.74, 6) is -0.964. The highest BCUT2D eigenvalue weighted by molar-refractivity contribution is 6.45. The molecular weight excluding hydrogens is 487 g/mol.